The molecule has 1 atom stereocenters. The van der Waals surface area contributed by atoms with Gasteiger partial charge in [0.2, 0.25) is 5.91 Å². The van der Waals surface area contributed by atoms with E-state index in [1.165, 1.54) is 17.1 Å². The van der Waals surface area contributed by atoms with E-state index in [-0.39, 0.29) is 16.8 Å². The molecule has 0 aliphatic carbocycles. The van der Waals surface area contributed by atoms with Crippen molar-refractivity contribution in [3.05, 3.63) is 83.8 Å². The Bertz CT molecular complexity index is 1230. The van der Waals surface area contributed by atoms with E-state index in [4.69, 9.17) is 4.42 Å². The summed E-state index contributed by atoms with van der Waals surface area (Å²) in [6.45, 7) is 3.63. The van der Waals surface area contributed by atoms with Crippen LogP contribution in [0.4, 0.5) is 5.69 Å². The fourth-order valence-electron chi connectivity index (χ4n) is 3.55. The first-order chi connectivity index (χ1) is 14.9. The van der Waals surface area contributed by atoms with Gasteiger partial charge in [-0.2, -0.15) is 5.10 Å². The normalized spacial score (nSPS) is 16.3. The predicted molar refractivity (Wildman–Crippen MR) is 118 cm³/mol. The van der Waals surface area contributed by atoms with Crippen molar-refractivity contribution in [2.24, 2.45) is 5.10 Å². The number of furan rings is 1. The van der Waals surface area contributed by atoms with Crippen molar-refractivity contribution in [1.29, 1.82) is 0 Å². The number of carbonyl (C=O) groups excluding carboxylic acids is 1. The molecule has 2 aromatic carbocycles. The van der Waals surface area contributed by atoms with E-state index in [0.29, 0.717) is 35.6 Å². The maximum Gasteiger partial charge on any atom is 0.261 e. The van der Waals surface area contributed by atoms with Gasteiger partial charge < -0.3 is 4.42 Å². The average Bonchev–Trinajstić information content (AvgIpc) is 3.40. The maximum absolute atomic E-state index is 12.8. The van der Waals surface area contributed by atoms with Gasteiger partial charge in [-0.25, -0.2) is 13.4 Å². The van der Waals surface area contributed by atoms with Crippen LogP contribution in [-0.4, -0.2) is 25.0 Å². The minimum atomic E-state index is -3.77. The second kappa shape index (κ2) is 8.39. The van der Waals surface area contributed by atoms with Crippen molar-refractivity contribution >= 4 is 27.3 Å². The van der Waals surface area contributed by atoms with Crippen LogP contribution >= 0.6 is 0 Å². The van der Waals surface area contributed by atoms with Crippen LogP contribution < -0.4 is 4.72 Å². The lowest BCUT2D eigenvalue weighted by Crippen LogP contribution is -2.25. The Morgan fingerprint density at radius 3 is 2.48 bits per heavy atom. The molecule has 1 amide bonds. The molecule has 0 bridgehead atoms. The van der Waals surface area contributed by atoms with Gasteiger partial charge in [-0.15, -0.1) is 0 Å². The van der Waals surface area contributed by atoms with E-state index < -0.39 is 10.0 Å². The zero-order valence-corrected chi connectivity index (χ0v) is 18.1. The van der Waals surface area contributed by atoms with Gasteiger partial charge in [0.25, 0.3) is 10.0 Å². The SMILES string of the molecule is CCC(=O)N1N=C(c2ccccc2NS(=O)(=O)c2ccccc2)CC1c1ccc(C)o1. The van der Waals surface area contributed by atoms with Gasteiger partial charge in [-0.1, -0.05) is 43.3 Å². The fraction of sp³-hybridized carbons (Fsp3) is 0.217. The molecular formula is C23H23N3O4S. The number of nitrogens with zero attached hydrogens (tertiary/aromatic N) is 2. The van der Waals surface area contributed by atoms with Crippen LogP contribution in [0.5, 0.6) is 0 Å². The number of hydrogen-bond acceptors (Lipinski definition) is 5. The van der Waals surface area contributed by atoms with Crippen molar-refractivity contribution in [1.82, 2.24) is 5.01 Å². The molecule has 0 spiro atoms. The Hall–Kier alpha value is -3.39. The molecule has 1 aliphatic rings. The molecular weight excluding hydrogens is 414 g/mol. The standard InChI is InChI=1S/C23H23N3O4S/c1-3-23(27)26-21(22-14-13-16(2)30-22)15-20(24-26)18-11-7-8-12-19(18)25-31(28,29)17-9-5-4-6-10-17/h4-14,21,25H,3,15H2,1-2H3. The van der Waals surface area contributed by atoms with Crippen LogP contribution in [0.2, 0.25) is 0 Å². The van der Waals surface area contributed by atoms with Gasteiger partial charge in [0.15, 0.2) is 0 Å². The summed E-state index contributed by atoms with van der Waals surface area (Å²) in [6, 6.07) is 18.6. The topological polar surface area (TPSA) is 92.0 Å². The monoisotopic (exact) mass is 437 g/mol. The second-order valence-electron chi connectivity index (χ2n) is 7.27. The number of rotatable bonds is 6. The van der Waals surface area contributed by atoms with E-state index in [1.807, 2.05) is 25.1 Å². The number of benzene rings is 2. The lowest BCUT2D eigenvalue weighted by Gasteiger charge is -2.19. The van der Waals surface area contributed by atoms with Gasteiger partial charge in [0.05, 0.1) is 16.3 Å². The molecule has 0 radical (unpaired) electrons. The zero-order valence-electron chi connectivity index (χ0n) is 17.3. The first-order valence-electron chi connectivity index (χ1n) is 10.0. The van der Waals surface area contributed by atoms with Crippen molar-refractivity contribution in [3.8, 4) is 0 Å². The van der Waals surface area contributed by atoms with E-state index in [2.05, 4.69) is 9.82 Å². The molecule has 4 rings (SSSR count). The number of nitrogens with one attached hydrogen (secondary N) is 1. The predicted octanol–water partition coefficient (Wildman–Crippen LogP) is 4.48. The molecule has 0 saturated heterocycles. The minimum Gasteiger partial charge on any atom is -0.464 e. The van der Waals surface area contributed by atoms with Gasteiger partial charge in [-0.05, 0) is 37.3 Å². The van der Waals surface area contributed by atoms with Crippen LogP contribution in [0.25, 0.3) is 0 Å². The molecule has 31 heavy (non-hydrogen) atoms. The number of hydrogen-bond donors (Lipinski definition) is 1. The summed E-state index contributed by atoms with van der Waals surface area (Å²) in [6.07, 6.45) is 0.720. The summed E-state index contributed by atoms with van der Waals surface area (Å²) in [5.74, 6) is 1.28. The molecule has 1 unspecified atom stereocenters. The highest BCUT2D eigenvalue weighted by atomic mass is 32.2. The Balaban J connectivity index is 1.69. The summed E-state index contributed by atoms with van der Waals surface area (Å²) >= 11 is 0. The van der Waals surface area contributed by atoms with Crippen LogP contribution in [0.3, 0.4) is 0 Å². The van der Waals surface area contributed by atoms with E-state index in [0.717, 1.165) is 5.76 Å². The minimum absolute atomic E-state index is 0.128. The molecule has 8 heteroatoms. The van der Waals surface area contributed by atoms with Crippen LogP contribution in [0.15, 0.2) is 81.1 Å². The molecule has 0 saturated carbocycles. The summed E-state index contributed by atoms with van der Waals surface area (Å²) in [5.41, 5.74) is 1.65. The molecule has 160 valence electrons. The Kier molecular flexibility index (Phi) is 5.65. The van der Waals surface area contributed by atoms with E-state index >= 15 is 0 Å². The lowest BCUT2D eigenvalue weighted by atomic mass is 10.0. The van der Waals surface area contributed by atoms with Crippen molar-refractivity contribution < 1.29 is 17.6 Å². The number of aryl methyl sites for hydroxylation is 1. The summed E-state index contributed by atoms with van der Waals surface area (Å²) < 4.78 is 34.1. The zero-order chi connectivity index (χ0) is 22.0. The molecule has 7 nitrogen and oxygen atoms in total. The van der Waals surface area contributed by atoms with Crippen molar-refractivity contribution in [3.63, 3.8) is 0 Å². The number of anilines is 1. The molecule has 1 N–H and O–H groups in total. The number of sulfonamides is 1. The summed E-state index contributed by atoms with van der Waals surface area (Å²) in [7, 11) is -3.77. The third kappa shape index (κ3) is 4.25. The fourth-order valence-corrected chi connectivity index (χ4v) is 4.65. The van der Waals surface area contributed by atoms with Crippen molar-refractivity contribution in [2.45, 2.75) is 37.6 Å². The quantitative estimate of drug-likeness (QED) is 0.616. The molecule has 0 fully saturated rings. The van der Waals surface area contributed by atoms with Gasteiger partial charge >= 0.3 is 0 Å². The highest BCUT2D eigenvalue weighted by Crippen LogP contribution is 2.36. The van der Waals surface area contributed by atoms with Crippen LogP contribution in [0, 0.1) is 6.92 Å². The van der Waals surface area contributed by atoms with Crippen LogP contribution in [-0.2, 0) is 14.8 Å². The molecule has 3 aromatic rings. The largest absolute Gasteiger partial charge is 0.464 e. The van der Waals surface area contributed by atoms with Gasteiger partial charge in [0, 0.05) is 18.4 Å². The molecule has 1 aromatic heterocycles. The molecule has 1 aliphatic heterocycles. The third-order valence-corrected chi connectivity index (χ3v) is 6.48. The first kappa shape index (κ1) is 20.9. The van der Waals surface area contributed by atoms with E-state index in [9.17, 15) is 13.2 Å². The van der Waals surface area contributed by atoms with E-state index in [1.54, 1.807) is 43.3 Å². The Morgan fingerprint density at radius 1 is 1.10 bits per heavy atom. The number of para-hydroxylation sites is 1. The van der Waals surface area contributed by atoms with Crippen LogP contribution in [0.1, 0.15) is 42.9 Å². The summed E-state index contributed by atoms with van der Waals surface area (Å²) in [5, 5.41) is 6.01. The van der Waals surface area contributed by atoms with Gasteiger partial charge in [0.1, 0.15) is 17.6 Å². The number of hydrazone groups is 1. The third-order valence-electron chi connectivity index (χ3n) is 5.09. The average molecular weight is 438 g/mol. The summed E-state index contributed by atoms with van der Waals surface area (Å²) in [4.78, 5) is 12.7. The second-order valence-corrected chi connectivity index (χ2v) is 8.95. The number of amides is 1. The first-order valence-corrected chi connectivity index (χ1v) is 11.5. The molecule has 2 heterocycles. The Morgan fingerprint density at radius 2 is 1.81 bits per heavy atom. The van der Waals surface area contributed by atoms with Crippen molar-refractivity contribution in [2.75, 3.05) is 4.72 Å². The maximum atomic E-state index is 12.8. The smallest absolute Gasteiger partial charge is 0.261 e. The highest BCUT2D eigenvalue weighted by molar-refractivity contribution is 7.92. The van der Waals surface area contributed by atoms with Gasteiger partial charge in [-0.3, -0.25) is 9.52 Å². The Labute approximate surface area is 181 Å². The highest BCUT2D eigenvalue weighted by Gasteiger charge is 2.35. The lowest BCUT2D eigenvalue weighted by molar-refractivity contribution is -0.133. The number of carbonyl (C=O) groups is 1.